The fourth-order valence-electron chi connectivity index (χ4n) is 3.34. The van der Waals surface area contributed by atoms with Gasteiger partial charge in [0.2, 0.25) is 0 Å². The van der Waals surface area contributed by atoms with Crippen molar-refractivity contribution in [3.05, 3.63) is 42.0 Å². The molecule has 25 heavy (non-hydrogen) atoms. The minimum atomic E-state index is -0.240. The number of ether oxygens (including phenoxy) is 3. The van der Waals surface area contributed by atoms with Crippen molar-refractivity contribution in [3.8, 4) is 11.5 Å². The average Bonchev–Trinajstić information content (AvgIpc) is 3.29. The molecule has 7 nitrogen and oxygen atoms in total. The number of aromatic nitrogens is 2. The van der Waals surface area contributed by atoms with Gasteiger partial charge in [-0.05, 0) is 25.5 Å². The summed E-state index contributed by atoms with van der Waals surface area (Å²) in [5.74, 6) is 1.79. The number of carbonyl (C=O) groups is 1. The van der Waals surface area contributed by atoms with E-state index in [1.807, 2.05) is 16.8 Å². The Morgan fingerprint density at radius 1 is 1.32 bits per heavy atom. The number of benzene rings is 1. The molecule has 2 aromatic rings. The number of carbonyl (C=O) groups excluding carboxylic acids is 1. The van der Waals surface area contributed by atoms with Crippen molar-refractivity contribution in [3.63, 3.8) is 0 Å². The summed E-state index contributed by atoms with van der Waals surface area (Å²) >= 11 is 0. The molecule has 0 saturated carbocycles. The molecule has 4 rings (SSSR count). The maximum Gasteiger partial charge on any atom is 0.255 e. The Hall–Kier alpha value is -2.54. The summed E-state index contributed by atoms with van der Waals surface area (Å²) < 4.78 is 19.1. The van der Waals surface area contributed by atoms with Gasteiger partial charge in [0.25, 0.3) is 5.91 Å². The van der Waals surface area contributed by atoms with Gasteiger partial charge in [0.05, 0.1) is 11.6 Å². The van der Waals surface area contributed by atoms with Crippen LogP contribution in [0.15, 0.2) is 30.6 Å². The summed E-state index contributed by atoms with van der Waals surface area (Å²) in [6, 6.07) is 5.24. The van der Waals surface area contributed by atoms with Crippen LogP contribution in [0.25, 0.3) is 0 Å². The number of nitrogens with zero attached hydrogens (tertiary/aromatic N) is 2. The van der Waals surface area contributed by atoms with Crippen LogP contribution >= 0.6 is 0 Å². The quantitative estimate of drug-likeness (QED) is 0.918. The van der Waals surface area contributed by atoms with Crippen molar-refractivity contribution in [1.82, 2.24) is 14.9 Å². The van der Waals surface area contributed by atoms with Gasteiger partial charge in [-0.15, -0.1) is 0 Å². The number of imidazole rings is 1. The lowest BCUT2D eigenvalue weighted by Gasteiger charge is -2.23. The summed E-state index contributed by atoms with van der Waals surface area (Å²) in [5, 5.41) is 3.08. The van der Waals surface area contributed by atoms with E-state index in [0.717, 1.165) is 18.8 Å². The summed E-state index contributed by atoms with van der Waals surface area (Å²) in [5.41, 5.74) is 0.488. The number of para-hydroxylation sites is 1. The molecule has 1 fully saturated rings. The van der Waals surface area contributed by atoms with E-state index in [9.17, 15) is 4.79 Å². The van der Waals surface area contributed by atoms with Crippen LogP contribution in [0.2, 0.25) is 0 Å². The third kappa shape index (κ3) is 2.95. The predicted molar refractivity (Wildman–Crippen MR) is 89.9 cm³/mol. The smallest absolute Gasteiger partial charge is 0.255 e. The van der Waals surface area contributed by atoms with Crippen LogP contribution in [0.5, 0.6) is 11.5 Å². The summed E-state index contributed by atoms with van der Waals surface area (Å²) in [6.45, 7) is 4.41. The normalized spacial score (nSPS) is 22.0. The van der Waals surface area contributed by atoms with Crippen molar-refractivity contribution in [1.29, 1.82) is 0 Å². The largest absolute Gasteiger partial charge is 0.486 e. The first kappa shape index (κ1) is 16.0. The molecule has 0 aliphatic carbocycles. The number of hydrogen-bond donors (Lipinski definition) is 1. The molecule has 0 bridgehead atoms. The minimum Gasteiger partial charge on any atom is -0.486 e. The zero-order valence-corrected chi connectivity index (χ0v) is 14.1. The van der Waals surface area contributed by atoms with E-state index < -0.39 is 0 Å². The molecule has 132 valence electrons. The van der Waals surface area contributed by atoms with Crippen LogP contribution in [0.4, 0.5) is 0 Å². The molecule has 1 N–H and O–H groups in total. The highest BCUT2D eigenvalue weighted by Gasteiger charge is 2.34. The number of amides is 1. The lowest BCUT2D eigenvalue weighted by molar-refractivity contribution is 0.0770. The molecule has 0 radical (unpaired) electrons. The molecule has 1 aromatic heterocycles. The van der Waals surface area contributed by atoms with Gasteiger partial charge in [-0.1, -0.05) is 6.07 Å². The van der Waals surface area contributed by atoms with Gasteiger partial charge in [0.15, 0.2) is 11.5 Å². The van der Waals surface area contributed by atoms with Crippen LogP contribution in [-0.4, -0.2) is 41.3 Å². The minimum absolute atomic E-state index is 0.124. The second-order valence-electron chi connectivity index (χ2n) is 6.06. The van der Waals surface area contributed by atoms with Gasteiger partial charge in [-0.3, -0.25) is 4.79 Å². The molecule has 1 saturated heterocycles. The van der Waals surface area contributed by atoms with Crippen LogP contribution < -0.4 is 14.8 Å². The van der Waals surface area contributed by atoms with Crippen LogP contribution in [0.1, 0.15) is 35.6 Å². The van der Waals surface area contributed by atoms with Crippen LogP contribution in [0.3, 0.4) is 0 Å². The first-order valence-corrected chi connectivity index (χ1v) is 8.60. The fraction of sp³-hybridized carbons (Fsp3) is 0.444. The molecule has 2 aliphatic rings. The average molecular weight is 343 g/mol. The van der Waals surface area contributed by atoms with E-state index in [-0.39, 0.29) is 18.1 Å². The number of aryl methyl sites for hydroxylation is 1. The maximum absolute atomic E-state index is 12.8. The van der Waals surface area contributed by atoms with E-state index in [2.05, 4.69) is 17.2 Å². The van der Waals surface area contributed by atoms with Crippen LogP contribution in [-0.2, 0) is 11.3 Å². The Labute approximate surface area is 145 Å². The Morgan fingerprint density at radius 2 is 2.20 bits per heavy atom. The van der Waals surface area contributed by atoms with Crippen molar-refractivity contribution in [2.45, 2.75) is 32.0 Å². The van der Waals surface area contributed by atoms with Crippen molar-refractivity contribution >= 4 is 5.91 Å². The molecule has 1 aromatic carbocycles. The lowest BCUT2D eigenvalue weighted by Crippen LogP contribution is -2.38. The Morgan fingerprint density at radius 3 is 3.08 bits per heavy atom. The molecule has 2 aliphatic heterocycles. The highest BCUT2D eigenvalue weighted by molar-refractivity contribution is 5.98. The van der Waals surface area contributed by atoms with E-state index in [0.29, 0.717) is 36.9 Å². The lowest BCUT2D eigenvalue weighted by atomic mass is 10.1. The Kier molecular flexibility index (Phi) is 4.31. The van der Waals surface area contributed by atoms with E-state index in [1.165, 1.54) is 0 Å². The summed E-state index contributed by atoms with van der Waals surface area (Å²) in [4.78, 5) is 17.2. The molecule has 0 spiro atoms. The number of hydrogen-bond acceptors (Lipinski definition) is 5. The highest BCUT2D eigenvalue weighted by Crippen LogP contribution is 2.34. The topological polar surface area (TPSA) is 74.6 Å². The third-order valence-corrected chi connectivity index (χ3v) is 4.56. The number of rotatable bonds is 4. The van der Waals surface area contributed by atoms with Gasteiger partial charge in [-0.25, -0.2) is 4.98 Å². The number of fused-ring (bicyclic) bond motifs is 1. The highest BCUT2D eigenvalue weighted by atomic mass is 16.6. The summed E-state index contributed by atoms with van der Waals surface area (Å²) in [7, 11) is 0. The van der Waals surface area contributed by atoms with Gasteiger partial charge >= 0.3 is 0 Å². The molecule has 0 unspecified atom stereocenters. The summed E-state index contributed by atoms with van der Waals surface area (Å²) in [6.07, 6.45) is 4.20. The fourth-order valence-corrected chi connectivity index (χ4v) is 3.34. The third-order valence-electron chi connectivity index (χ3n) is 4.56. The van der Waals surface area contributed by atoms with E-state index in [1.54, 1.807) is 18.3 Å². The van der Waals surface area contributed by atoms with Crippen molar-refractivity contribution in [2.75, 3.05) is 19.8 Å². The van der Waals surface area contributed by atoms with E-state index >= 15 is 0 Å². The molecule has 3 heterocycles. The second kappa shape index (κ2) is 6.76. The molecule has 2 atom stereocenters. The maximum atomic E-state index is 12.8. The standard InChI is InChI=1S/C18H21N3O4/c1-2-21-8-7-19-17(21)16-13(6-9-24-16)20-18(22)12-4-3-5-14-15(12)25-11-10-23-14/h3-5,7-8,13,16H,2,6,9-11H2,1H3,(H,20,22)/t13-,16-/m0/s1. The zero-order valence-electron chi connectivity index (χ0n) is 14.1. The van der Waals surface area contributed by atoms with E-state index in [4.69, 9.17) is 14.2 Å². The molecular formula is C18H21N3O4. The SMILES string of the molecule is CCn1ccnc1[C@H]1OCC[C@@H]1NC(=O)c1cccc2c1OCCO2. The predicted octanol–water partition coefficient (Wildman–Crippen LogP) is 1.93. The monoisotopic (exact) mass is 343 g/mol. The van der Waals surface area contributed by atoms with Gasteiger partial charge in [0, 0.05) is 25.5 Å². The van der Waals surface area contributed by atoms with Gasteiger partial charge in [0.1, 0.15) is 25.1 Å². The Balaban J connectivity index is 1.55. The molecular weight excluding hydrogens is 322 g/mol. The van der Waals surface area contributed by atoms with Crippen molar-refractivity contribution < 1.29 is 19.0 Å². The Bertz CT molecular complexity index is 773. The van der Waals surface area contributed by atoms with Gasteiger partial charge < -0.3 is 24.1 Å². The number of nitrogens with one attached hydrogen (secondary N) is 1. The zero-order chi connectivity index (χ0) is 17.2. The van der Waals surface area contributed by atoms with Crippen molar-refractivity contribution in [2.24, 2.45) is 0 Å². The molecule has 7 heteroatoms. The second-order valence-corrected chi connectivity index (χ2v) is 6.06. The first-order valence-electron chi connectivity index (χ1n) is 8.60. The molecule has 1 amide bonds. The van der Waals surface area contributed by atoms with Gasteiger partial charge in [-0.2, -0.15) is 0 Å². The first-order chi connectivity index (χ1) is 12.3. The van der Waals surface area contributed by atoms with Crippen LogP contribution in [0, 0.1) is 0 Å².